The summed E-state index contributed by atoms with van der Waals surface area (Å²) >= 11 is 0. The van der Waals surface area contributed by atoms with E-state index in [4.69, 9.17) is 5.11 Å². The Morgan fingerprint density at radius 2 is 2.00 bits per heavy atom. The lowest BCUT2D eigenvalue weighted by Crippen LogP contribution is -2.41. The number of aliphatic hydroxyl groups is 1. The summed E-state index contributed by atoms with van der Waals surface area (Å²) in [5, 5.41) is 11.8. The Balaban J connectivity index is 3.78. The number of unbranched alkanes of at least 4 members (excludes halogenated alkanes) is 2. The second-order valence-corrected chi connectivity index (χ2v) is 4.91. The van der Waals surface area contributed by atoms with E-state index >= 15 is 0 Å². The highest BCUT2D eigenvalue weighted by Crippen LogP contribution is 2.02. The van der Waals surface area contributed by atoms with E-state index in [1.165, 1.54) is 19.3 Å². The van der Waals surface area contributed by atoms with Gasteiger partial charge in [0, 0.05) is 19.2 Å². The van der Waals surface area contributed by atoms with Crippen LogP contribution in [0.5, 0.6) is 0 Å². The third kappa shape index (κ3) is 9.42. The molecule has 0 fully saturated rings. The van der Waals surface area contributed by atoms with Gasteiger partial charge in [-0.2, -0.15) is 0 Å². The fourth-order valence-electron chi connectivity index (χ4n) is 1.94. The van der Waals surface area contributed by atoms with E-state index in [1.807, 2.05) is 6.92 Å². The molecule has 0 heterocycles. The molecule has 1 amide bonds. The van der Waals surface area contributed by atoms with Crippen molar-refractivity contribution in [3.63, 3.8) is 0 Å². The van der Waals surface area contributed by atoms with Crippen LogP contribution in [0, 0.1) is 0 Å². The molecule has 0 aliphatic heterocycles. The van der Waals surface area contributed by atoms with E-state index in [0.29, 0.717) is 6.54 Å². The summed E-state index contributed by atoms with van der Waals surface area (Å²) in [6.07, 6.45) is 5.42. The molecule has 108 valence electrons. The molecule has 0 radical (unpaired) electrons. The lowest BCUT2D eigenvalue weighted by molar-refractivity contribution is -0.122. The number of hydrogen-bond acceptors (Lipinski definition) is 3. The van der Waals surface area contributed by atoms with Crippen molar-refractivity contribution >= 4 is 5.91 Å². The van der Waals surface area contributed by atoms with Crippen molar-refractivity contribution in [2.45, 2.75) is 58.9 Å². The van der Waals surface area contributed by atoms with Crippen LogP contribution in [-0.2, 0) is 4.79 Å². The van der Waals surface area contributed by atoms with Crippen LogP contribution in [0.2, 0.25) is 0 Å². The molecular weight excluding hydrogens is 228 g/mol. The molecule has 0 rings (SSSR count). The zero-order valence-corrected chi connectivity index (χ0v) is 12.2. The highest BCUT2D eigenvalue weighted by atomic mass is 16.3. The number of rotatable bonds is 11. The molecule has 0 bridgehead atoms. The van der Waals surface area contributed by atoms with Crippen LogP contribution in [0.1, 0.15) is 52.9 Å². The van der Waals surface area contributed by atoms with Crippen molar-refractivity contribution in [2.75, 3.05) is 26.2 Å². The fraction of sp³-hybridized carbons (Fsp3) is 0.929. The normalized spacial score (nSPS) is 12.7. The maximum Gasteiger partial charge on any atom is 0.234 e. The monoisotopic (exact) mass is 258 g/mol. The molecule has 0 saturated heterocycles. The Bertz CT molecular complexity index is 210. The number of nitrogens with one attached hydrogen (secondary N) is 1. The number of likely N-dealkylation sites (N-methyl/N-ethyl adjacent to an activating group) is 1. The molecule has 4 nitrogen and oxygen atoms in total. The first-order chi connectivity index (χ1) is 8.63. The molecule has 0 aliphatic rings. The van der Waals surface area contributed by atoms with Gasteiger partial charge in [0.2, 0.25) is 5.91 Å². The molecule has 0 aromatic carbocycles. The number of hydrogen-bond donors (Lipinski definition) is 2. The standard InChI is InChI=1S/C14H30N2O2/c1-4-6-7-9-13(3)15-14(18)12-16(5-2)10-8-11-17/h13,17H,4-12H2,1-3H3,(H,15,18). The summed E-state index contributed by atoms with van der Waals surface area (Å²) in [6.45, 7) is 8.54. The van der Waals surface area contributed by atoms with E-state index in [1.54, 1.807) is 0 Å². The van der Waals surface area contributed by atoms with Gasteiger partial charge in [-0.05, 0) is 26.3 Å². The lowest BCUT2D eigenvalue weighted by Gasteiger charge is -2.21. The molecule has 4 heteroatoms. The average Bonchev–Trinajstić information content (AvgIpc) is 2.34. The molecule has 0 aliphatic carbocycles. The van der Waals surface area contributed by atoms with Crippen molar-refractivity contribution in [1.82, 2.24) is 10.2 Å². The predicted octanol–water partition coefficient (Wildman–Crippen LogP) is 1.78. The van der Waals surface area contributed by atoms with Gasteiger partial charge in [-0.15, -0.1) is 0 Å². The van der Waals surface area contributed by atoms with E-state index in [-0.39, 0.29) is 18.6 Å². The summed E-state index contributed by atoms with van der Waals surface area (Å²) in [7, 11) is 0. The molecule has 1 atom stereocenters. The third-order valence-corrected chi connectivity index (χ3v) is 3.09. The Labute approximate surface area is 112 Å². The van der Waals surface area contributed by atoms with Crippen LogP contribution in [0.4, 0.5) is 0 Å². The molecule has 2 N–H and O–H groups in total. The minimum Gasteiger partial charge on any atom is -0.396 e. The quantitative estimate of drug-likeness (QED) is 0.555. The van der Waals surface area contributed by atoms with Crippen LogP contribution < -0.4 is 5.32 Å². The highest BCUT2D eigenvalue weighted by molar-refractivity contribution is 5.78. The van der Waals surface area contributed by atoms with Gasteiger partial charge in [-0.3, -0.25) is 9.69 Å². The molecule has 0 aromatic rings. The zero-order chi connectivity index (χ0) is 13.8. The van der Waals surface area contributed by atoms with Crippen LogP contribution >= 0.6 is 0 Å². The van der Waals surface area contributed by atoms with Crippen molar-refractivity contribution in [3.05, 3.63) is 0 Å². The summed E-state index contributed by atoms with van der Waals surface area (Å²) in [4.78, 5) is 13.9. The van der Waals surface area contributed by atoms with Crippen LogP contribution in [-0.4, -0.2) is 48.2 Å². The third-order valence-electron chi connectivity index (χ3n) is 3.09. The SMILES string of the molecule is CCCCCC(C)NC(=O)CN(CC)CCCO. The van der Waals surface area contributed by atoms with E-state index in [0.717, 1.165) is 25.9 Å². The van der Waals surface area contributed by atoms with Crippen molar-refractivity contribution in [3.8, 4) is 0 Å². The first kappa shape index (κ1) is 17.4. The largest absolute Gasteiger partial charge is 0.396 e. The Hall–Kier alpha value is -0.610. The zero-order valence-electron chi connectivity index (χ0n) is 12.2. The minimum atomic E-state index is 0.0961. The summed E-state index contributed by atoms with van der Waals surface area (Å²) in [5.74, 6) is 0.0961. The number of aliphatic hydroxyl groups excluding tert-OH is 1. The van der Waals surface area contributed by atoms with E-state index in [9.17, 15) is 4.79 Å². The first-order valence-electron chi connectivity index (χ1n) is 7.26. The maximum atomic E-state index is 11.8. The molecule has 0 spiro atoms. The summed E-state index contributed by atoms with van der Waals surface area (Å²) in [5.41, 5.74) is 0. The van der Waals surface area contributed by atoms with Crippen molar-refractivity contribution < 1.29 is 9.90 Å². The molecule has 0 saturated carbocycles. The summed E-state index contributed by atoms with van der Waals surface area (Å²) in [6, 6.07) is 0.264. The summed E-state index contributed by atoms with van der Waals surface area (Å²) < 4.78 is 0. The van der Waals surface area contributed by atoms with Gasteiger partial charge in [0.05, 0.1) is 6.54 Å². The van der Waals surface area contributed by atoms with Gasteiger partial charge in [0.1, 0.15) is 0 Å². The second-order valence-electron chi connectivity index (χ2n) is 4.91. The van der Waals surface area contributed by atoms with Crippen LogP contribution in [0.15, 0.2) is 0 Å². The second kappa shape index (κ2) is 11.5. The molecule has 1 unspecified atom stereocenters. The molecule has 18 heavy (non-hydrogen) atoms. The van der Waals surface area contributed by atoms with Gasteiger partial charge in [0.25, 0.3) is 0 Å². The van der Waals surface area contributed by atoms with Crippen LogP contribution in [0.25, 0.3) is 0 Å². The van der Waals surface area contributed by atoms with Gasteiger partial charge >= 0.3 is 0 Å². The van der Waals surface area contributed by atoms with Gasteiger partial charge < -0.3 is 10.4 Å². The first-order valence-corrected chi connectivity index (χ1v) is 7.26. The minimum absolute atomic E-state index is 0.0961. The number of carbonyl (C=O) groups is 1. The van der Waals surface area contributed by atoms with E-state index in [2.05, 4.69) is 24.1 Å². The number of amides is 1. The average molecular weight is 258 g/mol. The highest BCUT2D eigenvalue weighted by Gasteiger charge is 2.11. The number of nitrogens with zero attached hydrogens (tertiary/aromatic N) is 1. The maximum absolute atomic E-state index is 11.8. The number of carbonyl (C=O) groups excluding carboxylic acids is 1. The van der Waals surface area contributed by atoms with Crippen molar-refractivity contribution in [1.29, 1.82) is 0 Å². The topological polar surface area (TPSA) is 52.6 Å². The fourth-order valence-corrected chi connectivity index (χ4v) is 1.94. The Morgan fingerprint density at radius 1 is 1.28 bits per heavy atom. The van der Waals surface area contributed by atoms with Crippen molar-refractivity contribution in [2.24, 2.45) is 0 Å². The molecule has 0 aromatic heterocycles. The lowest BCUT2D eigenvalue weighted by atomic mass is 10.1. The Morgan fingerprint density at radius 3 is 2.56 bits per heavy atom. The van der Waals surface area contributed by atoms with Crippen LogP contribution in [0.3, 0.4) is 0 Å². The predicted molar refractivity (Wildman–Crippen MR) is 75.6 cm³/mol. The smallest absolute Gasteiger partial charge is 0.234 e. The van der Waals surface area contributed by atoms with E-state index < -0.39 is 0 Å². The van der Waals surface area contributed by atoms with Gasteiger partial charge in [-0.1, -0.05) is 33.1 Å². The van der Waals surface area contributed by atoms with Gasteiger partial charge in [-0.25, -0.2) is 0 Å². The molecular formula is C14H30N2O2. The van der Waals surface area contributed by atoms with Gasteiger partial charge in [0.15, 0.2) is 0 Å². The Kier molecular flexibility index (Phi) is 11.1.